The summed E-state index contributed by atoms with van der Waals surface area (Å²) in [4.78, 5) is 45.2. The predicted molar refractivity (Wildman–Crippen MR) is 134 cm³/mol. The highest BCUT2D eigenvalue weighted by Gasteiger charge is 2.69. The highest BCUT2D eigenvalue weighted by Crippen LogP contribution is 2.68. The second kappa shape index (κ2) is 7.33. The number of hydrogen-bond donors (Lipinski definition) is 1. The first-order chi connectivity index (χ1) is 16.4. The molecule has 8 heteroatoms. The fraction of sp³-hybridized carbons (Fsp3) is 0.346. The van der Waals surface area contributed by atoms with Crippen molar-refractivity contribution in [3.05, 3.63) is 79.2 Å². The summed E-state index contributed by atoms with van der Waals surface area (Å²) in [6.07, 6.45) is 0.894. The third-order valence-corrected chi connectivity index (χ3v) is 11.2. The molecule has 0 unspecified atom stereocenters. The van der Waals surface area contributed by atoms with Crippen molar-refractivity contribution >= 4 is 52.2 Å². The Balaban J connectivity index is 1.34. The number of carbonyl (C=O) groups excluding carboxylic acids is 2. The number of nitrogens with zero attached hydrogens (tertiary/aromatic N) is 1. The number of aromatic amines is 1. The van der Waals surface area contributed by atoms with Crippen LogP contribution in [0.2, 0.25) is 5.02 Å². The van der Waals surface area contributed by atoms with Gasteiger partial charge in [-0.2, -0.15) is 0 Å². The number of hydrogen-bond acceptors (Lipinski definition) is 5. The maximum Gasteiger partial charge on any atom is 0.305 e. The lowest BCUT2D eigenvalue weighted by Crippen LogP contribution is -2.42. The van der Waals surface area contributed by atoms with Crippen molar-refractivity contribution in [3.8, 4) is 0 Å². The van der Waals surface area contributed by atoms with E-state index in [1.54, 1.807) is 36.0 Å². The van der Waals surface area contributed by atoms with Crippen molar-refractivity contribution in [1.82, 2.24) is 4.98 Å². The first kappa shape index (κ1) is 21.0. The lowest BCUT2D eigenvalue weighted by Gasteiger charge is -2.43. The van der Waals surface area contributed by atoms with Gasteiger partial charge in [-0.25, -0.2) is 0 Å². The van der Waals surface area contributed by atoms with Crippen LogP contribution in [-0.4, -0.2) is 22.0 Å². The Morgan fingerprint density at radius 3 is 2.41 bits per heavy atom. The number of aryl methyl sites for hydroxylation is 1. The van der Waals surface area contributed by atoms with Gasteiger partial charge >= 0.3 is 4.87 Å². The van der Waals surface area contributed by atoms with Crippen LogP contribution in [0.1, 0.15) is 28.3 Å². The largest absolute Gasteiger partial charge is 0.307 e. The Morgan fingerprint density at radius 1 is 0.971 bits per heavy atom. The van der Waals surface area contributed by atoms with E-state index in [2.05, 4.69) is 30.1 Å². The molecule has 5 nitrogen and oxygen atoms in total. The van der Waals surface area contributed by atoms with Crippen LogP contribution in [0.3, 0.4) is 0 Å². The number of fused-ring (bicyclic) bond motifs is 9. The SMILES string of the molecule is Cc1ccccc1[C@H]1c2sc(=O)[nH]c2S[C@H]2[C@@H]3C[C@@H]([C@H]4C(=O)N(c5ccc(Cl)cc5)C(=O)[C@H]34)[C@@H]12. The van der Waals surface area contributed by atoms with Gasteiger partial charge in [-0.15, -0.1) is 11.8 Å². The number of benzene rings is 2. The summed E-state index contributed by atoms with van der Waals surface area (Å²) in [5.74, 6) is -0.207. The lowest BCUT2D eigenvalue weighted by atomic mass is 9.67. The first-order valence-corrected chi connectivity index (χ1v) is 13.6. The van der Waals surface area contributed by atoms with Gasteiger partial charge in [0.05, 0.1) is 22.5 Å². The third-order valence-electron chi connectivity index (χ3n) is 8.33. The molecule has 0 radical (unpaired) electrons. The summed E-state index contributed by atoms with van der Waals surface area (Å²) < 4.78 is 0. The Hall–Kier alpha value is -2.35. The lowest BCUT2D eigenvalue weighted by molar-refractivity contribution is -0.123. The number of thioether (sulfide) groups is 1. The molecular formula is C26H21ClN2O3S2. The van der Waals surface area contributed by atoms with E-state index in [1.165, 1.54) is 27.4 Å². The predicted octanol–water partition coefficient (Wildman–Crippen LogP) is 5.08. The van der Waals surface area contributed by atoms with Gasteiger partial charge in [0.1, 0.15) is 0 Å². The summed E-state index contributed by atoms with van der Waals surface area (Å²) in [6, 6.07) is 15.3. The second-order valence-electron chi connectivity index (χ2n) is 9.81. The van der Waals surface area contributed by atoms with E-state index in [9.17, 15) is 14.4 Å². The molecule has 2 aliphatic heterocycles. The quantitative estimate of drug-likeness (QED) is 0.490. The molecule has 1 aromatic heterocycles. The van der Waals surface area contributed by atoms with E-state index in [0.29, 0.717) is 10.7 Å². The molecule has 172 valence electrons. The Bertz CT molecular complexity index is 1410. The zero-order chi connectivity index (χ0) is 23.3. The molecule has 34 heavy (non-hydrogen) atoms. The Morgan fingerprint density at radius 2 is 1.68 bits per heavy atom. The molecule has 1 N–H and O–H groups in total. The summed E-state index contributed by atoms with van der Waals surface area (Å²) in [7, 11) is 0. The average molecular weight is 509 g/mol. The molecule has 2 saturated carbocycles. The molecule has 3 aromatic rings. The van der Waals surface area contributed by atoms with Gasteiger partial charge in [0.2, 0.25) is 11.8 Å². The van der Waals surface area contributed by atoms with Crippen molar-refractivity contribution < 1.29 is 9.59 Å². The molecule has 4 aliphatic rings. The molecule has 7 rings (SSSR count). The van der Waals surface area contributed by atoms with E-state index in [-0.39, 0.29) is 57.4 Å². The number of thiazole rings is 1. The number of carbonyl (C=O) groups is 2. The van der Waals surface area contributed by atoms with Crippen LogP contribution in [0.5, 0.6) is 0 Å². The summed E-state index contributed by atoms with van der Waals surface area (Å²) in [5.41, 5.74) is 3.02. The third kappa shape index (κ3) is 2.72. The van der Waals surface area contributed by atoms with Crippen LogP contribution in [0, 0.1) is 36.5 Å². The Labute approximate surface area is 209 Å². The Kier molecular flexibility index (Phi) is 4.52. The average Bonchev–Trinajstić information content (AvgIpc) is 3.54. The second-order valence-corrected chi connectivity index (χ2v) is 12.4. The van der Waals surface area contributed by atoms with E-state index < -0.39 is 0 Å². The fourth-order valence-electron chi connectivity index (χ4n) is 7.15. The minimum atomic E-state index is -0.293. The van der Waals surface area contributed by atoms with Gasteiger partial charge in [0, 0.05) is 21.1 Å². The standard InChI is InChI=1S/C26H21ClN2O3S2/c1-11-4-2-3-5-14(11)17-18-15-10-16(21(18)33-23-22(17)34-26(32)28-23)20-19(15)24(30)29(25(20)31)13-8-6-12(27)7-9-13/h2-9,15-21H,10H2,1H3,(H,28,32)/t15-,16-,17-,18+,19-,20-,21+/m1/s1. The van der Waals surface area contributed by atoms with E-state index in [0.717, 1.165) is 16.3 Å². The number of nitrogens with one attached hydrogen (secondary N) is 1. The van der Waals surface area contributed by atoms with Gasteiger partial charge in [-0.1, -0.05) is 47.2 Å². The van der Waals surface area contributed by atoms with Crippen molar-refractivity contribution in [2.75, 3.05) is 4.90 Å². The normalized spacial score (nSPS) is 33.2. The maximum absolute atomic E-state index is 13.7. The smallest absolute Gasteiger partial charge is 0.305 e. The van der Waals surface area contributed by atoms with Crippen molar-refractivity contribution in [3.63, 3.8) is 0 Å². The zero-order valence-corrected chi connectivity index (χ0v) is 20.6. The summed E-state index contributed by atoms with van der Waals surface area (Å²) in [6.45, 7) is 2.11. The summed E-state index contributed by atoms with van der Waals surface area (Å²) >= 11 is 9.06. The number of aromatic nitrogens is 1. The number of halogens is 1. The highest BCUT2D eigenvalue weighted by atomic mass is 35.5. The van der Waals surface area contributed by atoms with Gasteiger partial charge in [-0.05, 0) is 66.5 Å². The van der Waals surface area contributed by atoms with Crippen molar-refractivity contribution in [2.45, 2.75) is 29.5 Å². The molecule has 3 heterocycles. The van der Waals surface area contributed by atoms with E-state index >= 15 is 0 Å². The van der Waals surface area contributed by atoms with Crippen LogP contribution >= 0.6 is 34.7 Å². The van der Waals surface area contributed by atoms with Crippen LogP contribution in [-0.2, 0) is 9.59 Å². The molecule has 3 fully saturated rings. The molecule has 7 atom stereocenters. The maximum atomic E-state index is 13.7. The van der Waals surface area contributed by atoms with Gasteiger partial charge < -0.3 is 4.98 Å². The monoisotopic (exact) mass is 508 g/mol. The van der Waals surface area contributed by atoms with E-state index in [4.69, 9.17) is 11.6 Å². The van der Waals surface area contributed by atoms with Gasteiger partial charge in [-0.3, -0.25) is 19.3 Å². The van der Waals surface area contributed by atoms with Crippen molar-refractivity contribution in [1.29, 1.82) is 0 Å². The van der Waals surface area contributed by atoms with Crippen LogP contribution in [0.25, 0.3) is 0 Å². The molecule has 2 amide bonds. The number of imide groups is 1. The number of amides is 2. The zero-order valence-electron chi connectivity index (χ0n) is 18.2. The van der Waals surface area contributed by atoms with Crippen LogP contribution in [0.4, 0.5) is 5.69 Å². The van der Waals surface area contributed by atoms with Crippen LogP contribution in [0.15, 0.2) is 58.4 Å². The molecule has 2 aromatic carbocycles. The minimum absolute atomic E-state index is 0.0373. The van der Waals surface area contributed by atoms with Crippen LogP contribution < -0.4 is 9.77 Å². The first-order valence-electron chi connectivity index (χ1n) is 11.5. The van der Waals surface area contributed by atoms with Gasteiger partial charge in [0.25, 0.3) is 0 Å². The highest BCUT2D eigenvalue weighted by molar-refractivity contribution is 8.00. The molecular weight excluding hydrogens is 488 g/mol. The summed E-state index contributed by atoms with van der Waals surface area (Å²) in [5, 5.41) is 1.72. The molecule has 2 bridgehead atoms. The van der Waals surface area contributed by atoms with E-state index in [1.807, 2.05) is 6.07 Å². The van der Waals surface area contributed by atoms with Gasteiger partial charge in [0.15, 0.2) is 0 Å². The molecule has 2 aliphatic carbocycles. The van der Waals surface area contributed by atoms with Crippen molar-refractivity contribution in [2.24, 2.45) is 29.6 Å². The number of anilines is 1. The topological polar surface area (TPSA) is 70.2 Å². The molecule has 0 spiro atoms. The molecule has 1 saturated heterocycles. The minimum Gasteiger partial charge on any atom is -0.307 e. The number of H-pyrrole nitrogens is 1. The number of rotatable bonds is 2. The fourth-order valence-corrected chi connectivity index (χ4v) is 10.2.